The maximum atomic E-state index is 12.4. The number of amides is 2. The van der Waals surface area contributed by atoms with E-state index < -0.39 is 0 Å². The van der Waals surface area contributed by atoms with Crippen molar-refractivity contribution in [3.8, 4) is 0 Å². The summed E-state index contributed by atoms with van der Waals surface area (Å²) in [6, 6.07) is 29.3. The van der Waals surface area contributed by atoms with Crippen LogP contribution in [-0.2, 0) is 9.59 Å². The van der Waals surface area contributed by atoms with E-state index in [1.807, 2.05) is 84.9 Å². The summed E-state index contributed by atoms with van der Waals surface area (Å²) in [5.41, 5.74) is 7.26. The Hall–Kier alpha value is -5.76. The number of benzene rings is 4. The molecule has 0 aromatic heterocycles. The van der Waals surface area contributed by atoms with Crippen LogP contribution in [0.4, 0.5) is 22.7 Å². The fraction of sp³-hybridized carbons (Fsp3) is 0. The zero-order valence-electron chi connectivity index (χ0n) is 20.9. The largest absolute Gasteiger partial charge is 0.351 e. The van der Waals surface area contributed by atoms with Crippen molar-refractivity contribution in [1.29, 1.82) is 0 Å². The first-order chi connectivity index (χ1) is 19.5. The van der Waals surface area contributed by atoms with Crippen molar-refractivity contribution >= 4 is 57.3 Å². The first kappa shape index (κ1) is 23.4. The Morgan fingerprint density at radius 2 is 0.650 bits per heavy atom. The summed E-state index contributed by atoms with van der Waals surface area (Å²) in [6.07, 6.45) is 0. The van der Waals surface area contributed by atoms with E-state index in [1.165, 1.54) is 0 Å². The molecule has 0 saturated heterocycles. The molecule has 0 aliphatic carbocycles. The molecule has 4 heterocycles. The predicted molar refractivity (Wildman–Crippen MR) is 153 cm³/mol. The number of carbonyl (C=O) groups excluding carboxylic acids is 4. The number of anilines is 4. The van der Waals surface area contributed by atoms with Crippen molar-refractivity contribution in [2.45, 2.75) is 0 Å². The smallest absolute Gasteiger partial charge is 0.258 e. The molecule has 4 aromatic rings. The average Bonchev–Trinajstić information content (AvgIpc) is 3.69. The fourth-order valence-corrected chi connectivity index (χ4v) is 5.32. The second-order valence-electron chi connectivity index (χ2n) is 9.50. The Bertz CT molecular complexity index is 1750. The molecule has 0 radical (unpaired) electrons. The number of para-hydroxylation sites is 4. The van der Waals surface area contributed by atoms with Gasteiger partial charge < -0.3 is 21.3 Å². The molecule has 0 bridgehead atoms. The van der Waals surface area contributed by atoms with Crippen molar-refractivity contribution in [1.82, 2.24) is 0 Å². The molecule has 40 heavy (non-hydrogen) atoms. The van der Waals surface area contributed by atoms with Crippen LogP contribution in [0.2, 0.25) is 0 Å². The van der Waals surface area contributed by atoms with Gasteiger partial charge in [-0.2, -0.15) is 0 Å². The first-order valence-corrected chi connectivity index (χ1v) is 12.6. The number of fused-ring (bicyclic) bond motifs is 4. The van der Waals surface area contributed by atoms with Gasteiger partial charge in [0.1, 0.15) is 11.4 Å². The summed E-state index contributed by atoms with van der Waals surface area (Å²) in [6.45, 7) is 0. The third-order valence-electron chi connectivity index (χ3n) is 7.16. The Morgan fingerprint density at radius 3 is 1.00 bits per heavy atom. The van der Waals surface area contributed by atoms with E-state index in [-0.39, 0.29) is 23.4 Å². The molecular weight excluding hydrogens is 504 g/mol. The van der Waals surface area contributed by atoms with E-state index in [2.05, 4.69) is 21.3 Å². The van der Waals surface area contributed by atoms with Gasteiger partial charge in [-0.25, -0.2) is 0 Å². The van der Waals surface area contributed by atoms with E-state index in [9.17, 15) is 19.2 Å². The van der Waals surface area contributed by atoms with Crippen LogP contribution in [-0.4, -0.2) is 23.4 Å². The average molecular weight is 525 g/mol. The van der Waals surface area contributed by atoms with Crippen molar-refractivity contribution in [3.05, 3.63) is 131 Å². The topological polar surface area (TPSA) is 116 Å². The summed E-state index contributed by atoms with van der Waals surface area (Å²) in [4.78, 5) is 49.2. The lowest BCUT2D eigenvalue weighted by molar-refractivity contribution is -0.111. The van der Waals surface area contributed by atoms with Crippen LogP contribution in [0.25, 0.3) is 11.1 Å². The number of nitrogens with one attached hydrogen (secondary N) is 4. The Morgan fingerprint density at radius 1 is 0.350 bits per heavy atom. The lowest BCUT2D eigenvalue weighted by Gasteiger charge is -2.03. The van der Waals surface area contributed by atoms with Crippen molar-refractivity contribution in [2.75, 3.05) is 21.3 Å². The van der Waals surface area contributed by atoms with E-state index in [0.717, 1.165) is 33.9 Å². The molecule has 4 N–H and O–H groups in total. The van der Waals surface area contributed by atoms with Gasteiger partial charge >= 0.3 is 0 Å². The number of ketones is 2. The third kappa shape index (κ3) is 3.54. The Balaban J connectivity index is 0.000000132. The SMILES string of the molecule is O=C1Nc2ccccc2/C1=C1\Nc2ccccc2C1=O.O=C1Nc2ccccc2/C1=C1\Nc2ccccc2C1=O. The van der Waals surface area contributed by atoms with Crippen molar-refractivity contribution < 1.29 is 19.2 Å². The summed E-state index contributed by atoms with van der Waals surface area (Å²) in [5.74, 6) is -0.755. The number of Topliss-reactive ketones (excluding diaryl/α,β-unsaturated/α-hetero) is 2. The molecule has 2 amide bonds. The highest BCUT2D eigenvalue weighted by Gasteiger charge is 2.35. The van der Waals surface area contributed by atoms with Crippen molar-refractivity contribution in [3.63, 3.8) is 0 Å². The molecule has 4 aromatic carbocycles. The van der Waals surface area contributed by atoms with Gasteiger partial charge in [0.2, 0.25) is 11.6 Å². The second-order valence-corrected chi connectivity index (χ2v) is 9.50. The number of carbonyl (C=O) groups is 4. The van der Waals surface area contributed by atoms with E-state index in [1.54, 1.807) is 12.1 Å². The van der Waals surface area contributed by atoms with Gasteiger partial charge in [0.05, 0.1) is 11.1 Å². The minimum Gasteiger partial charge on any atom is -0.351 e. The summed E-state index contributed by atoms with van der Waals surface area (Å²) in [7, 11) is 0. The summed E-state index contributed by atoms with van der Waals surface area (Å²) < 4.78 is 0. The molecule has 8 heteroatoms. The third-order valence-corrected chi connectivity index (χ3v) is 7.16. The van der Waals surface area contributed by atoms with Crippen LogP contribution in [0, 0.1) is 0 Å². The molecule has 0 saturated carbocycles. The van der Waals surface area contributed by atoms with Crippen LogP contribution in [0.5, 0.6) is 0 Å². The lowest BCUT2D eigenvalue weighted by Crippen LogP contribution is -2.11. The van der Waals surface area contributed by atoms with Crippen molar-refractivity contribution in [2.24, 2.45) is 0 Å². The van der Waals surface area contributed by atoms with E-state index in [4.69, 9.17) is 0 Å². The second kappa shape index (κ2) is 8.92. The highest BCUT2D eigenvalue weighted by atomic mass is 16.2. The zero-order valence-corrected chi connectivity index (χ0v) is 20.9. The molecule has 0 unspecified atom stereocenters. The zero-order chi connectivity index (χ0) is 27.4. The molecule has 4 aliphatic rings. The van der Waals surface area contributed by atoms with Gasteiger partial charge in [0, 0.05) is 45.0 Å². The monoisotopic (exact) mass is 524 g/mol. The summed E-state index contributed by atoms with van der Waals surface area (Å²) in [5, 5.41) is 11.7. The Labute approximate surface area is 228 Å². The maximum Gasteiger partial charge on any atom is 0.258 e. The fourth-order valence-electron chi connectivity index (χ4n) is 5.32. The quantitative estimate of drug-likeness (QED) is 0.232. The molecular formula is C32H20N4O4. The summed E-state index contributed by atoms with van der Waals surface area (Å²) >= 11 is 0. The number of rotatable bonds is 0. The number of hydrogen-bond acceptors (Lipinski definition) is 6. The molecule has 192 valence electrons. The van der Waals surface area contributed by atoms with Crippen LogP contribution >= 0.6 is 0 Å². The normalized spacial score (nSPS) is 19.4. The minimum atomic E-state index is -0.241. The molecule has 4 aliphatic heterocycles. The van der Waals surface area contributed by atoms with Gasteiger partial charge in [-0.15, -0.1) is 0 Å². The van der Waals surface area contributed by atoms with Crippen LogP contribution in [0.3, 0.4) is 0 Å². The van der Waals surface area contributed by atoms with Gasteiger partial charge in [0.15, 0.2) is 0 Å². The molecule has 0 atom stereocenters. The Kier molecular flexibility index (Phi) is 5.21. The van der Waals surface area contributed by atoms with Crippen LogP contribution in [0.1, 0.15) is 31.8 Å². The molecule has 8 rings (SSSR count). The van der Waals surface area contributed by atoms with Gasteiger partial charge in [-0.3, -0.25) is 19.2 Å². The van der Waals surface area contributed by atoms with Gasteiger partial charge in [0.25, 0.3) is 11.8 Å². The maximum absolute atomic E-state index is 12.4. The molecule has 0 fully saturated rings. The highest BCUT2D eigenvalue weighted by Crippen LogP contribution is 2.39. The number of hydrogen-bond donors (Lipinski definition) is 4. The minimum absolute atomic E-state index is 0.137. The standard InChI is InChI=1S/2C16H10N2O2/c2*19-15-10-6-2-4-8-12(10)17-14(15)13-9-5-1-3-7-11(9)18-16(13)20/h2*1-8,17H,(H,18,20)/b2*14-13+. The van der Waals surface area contributed by atoms with E-state index in [0.29, 0.717) is 33.7 Å². The lowest BCUT2D eigenvalue weighted by atomic mass is 10.0. The van der Waals surface area contributed by atoms with Crippen LogP contribution < -0.4 is 21.3 Å². The highest BCUT2D eigenvalue weighted by molar-refractivity contribution is 6.39. The predicted octanol–water partition coefficient (Wildman–Crippen LogP) is 5.32. The number of allylic oxidation sites excluding steroid dienone is 2. The van der Waals surface area contributed by atoms with Gasteiger partial charge in [-0.1, -0.05) is 60.7 Å². The van der Waals surface area contributed by atoms with Crippen LogP contribution in [0.15, 0.2) is 108 Å². The molecule has 8 nitrogen and oxygen atoms in total. The van der Waals surface area contributed by atoms with Gasteiger partial charge in [-0.05, 0) is 36.4 Å². The van der Waals surface area contributed by atoms with E-state index >= 15 is 0 Å². The molecule has 0 spiro atoms. The first-order valence-electron chi connectivity index (χ1n) is 12.6.